The molecule has 1 aromatic rings. The first-order chi connectivity index (χ1) is 9.58. The zero-order valence-electron chi connectivity index (χ0n) is 11.2. The number of likely N-dealkylation sites (tertiary alicyclic amines) is 1. The molecular formula is C14H18BrN3O2. The number of nitrogens with zero attached hydrogens (tertiary/aromatic N) is 2. The maximum Gasteiger partial charge on any atom is 0.275 e. The third-order valence-electron chi connectivity index (χ3n) is 4.24. The summed E-state index contributed by atoms with van der Waals surface area (Å²) in [5.74, 6) is 0. The maximum absolute atomic E-state index is 11.3. The van der Waals surface area contributed by atoms with Crippen LogP contribution in [0.3, 0.4) is 0 Å². The summed E-state index contributed by atoms with van der Waals surface area (Å²) in [6.07, 6.45) is 4.39. The predicted octanol–water partition coefficient (Wildman–Crippen LogP) is 2.98. The van der Waals surface area contributed by atoms with Gasteiger partial charge in [-0.1, -0.05) is 15.9 Å². The molecule has 2 unspecified atom stereocenters. The van der Waals surface area contributed by atoms with E-state index < -0.39 is 0 Å². The molecule has 1 heterocycles. The average molecular weight is 340 g/mol. The van der Waals surface area contributed by atoms with Gasteiger partial charge >= 0.3 is 0 Å². The molecule has 20 heavy (non-hydrogen) atoms. The van der Waals surface area contributed by atoms with Crippen molar-refractivity contribution in [3.63, 3.8) is 0 Å². The highest BCUT2D eigenvalue weighted by molar-refractivity contribution is 9.10. The van der Waals surface area contributed by atoms with Crippen LogP contribution in [0, 0.1) is 10.1 Å². The van der Waals surface area contributed by atoms with Crippen molar-refractivity contribution in [3.05, 3.63) is 38.3 Å². The monoisotopic (exact) mass is 339 g/mol. The number of rotatable bonds is 3. The van der Waals surface area contributed by atoms with Gasteiger partial charge in [-0.2, -0.15) is 0 Å². The van der Waals surface area contributed by atoms with Gasteiger partial charge in [0.05, 0.1) is 11.0 Å². The maximum atomic E-state index is 11.3. The first-order valence-corrected chi connectivity index (χ1v) is 7.82. The molecule has 1 aliphatic heterocycles. The third-order valence-corrected chi connectivity index (χ3v) is 4.73. The van der Waals surface area contributed by atoms with E-state index in [-0.39, 0.29) is 22.7 Å². The van der Waals surface area contributed by atoms with Gasteiger partial charge in [0, 0.05) is 28.2 Å². The second-order valence-corrected chi connectivity index (χ2v) is 6.60. The molecule has 3 rings (SSSR count). The molecule has 2 aliphatic rings. The van der Waals surface area contributed by atoms with Crippen LogP contribution in [0.4, 0.5) is 5.69 Å². The minimum absolute atomic E-state index is 0.0234. The number of hydrogen-bond acceptors (Lipinski definition) is 4. The van der Waals surface area contributed by atoms with E-state index in [0.717, 1.165) is 29.4 Å². The smallest absolute Gasteiger partial charge is 0.275 e. The van der Waals surface area contributed by atoms with Crippen LogP contribution in [0.15, 0.2) is 22.7 Å². The summed E-state index contributed by atoms with van der Waals surface area (Å²) in [7, 11) is 0. The fourth-order valence-electron chi connectivity index (χ4n) is 3.20. The molecule has 2 N–H and O–H groups in total. The van der Waals surface area contributed by atoms with Crippen LogP contribution in [0.5, 0.6) is 0 Å². The topological polar surface area (TPSA) is 72.4 Å². The molecule has 0 spiro atoms. The molecule has 1 saturated heterocycles. The average Bonchev–Trinajstić information content (AvgIpc) is 3.23. The number of halogens is 1. The summed E-state index contributed by atoms with van der Waals surface area (Å²) in [4.78, 5) is 13.4. The van der Waals surface area contributed by atoms with Crippen molar-refractivity contribution in [3.8, 4) is 0 Å². The lowest BCUT2D eigenvalue weighted by molar-refractivity contribution is -0.386. The van der Waals surface area contributed by atoms with Crippen molar-refractivity contribution in [2.45, 2.75) is 43.8 Å². The van der Waals surface area contributed by atoms with E-state index in [9.17, 15) is 10.1 Å². The predicted molar refractivity (Wildman–Crippen MR) is 80.5 cm³/mol. The molecule has 2 atom stereocenters. The molecule has 2 fully saturated rings. The van der Waals surface area contributed by atoms with Crippen LogP contribution in [0.2, 0.25) is 0 Å². The lowest BCUT2D eigenvalue weighted by Crippen LogP contribution is -2.47. The molecule has 6 heteroatoms. The summed E-state index contributed by atoms with van der Waals surface area (Å²) in [5, 5.41) is 11.3. The van der Waals surface area contributed by atoms with Crippen LogP contribution in [0.25, 0.3) is 0 Å². The third kappa shape index (κ3) is 2.60. The summed E-state index contributed by atoms with van der Waals surface area (Å²) in [6.45, 7) is 0.996. The number of piperidine rings is 1. The van der Waals surface area contributed by atoms with Gasteiger partial charge in [0.2, 0.25) is 0 Å². The molecule has 0 aromatic heterocycles. The zero-order chi connectivity index (χ0) is 14.3. The summed E-state index contributed by atoms with van der Waals surface area (Å²) in [6, 6.07) is 5.83. The highest BCUT2D eigenvalue weighted by atomic mass is 79.9. The highest BCUT2D eigenvalue weighted by Crippen LogP contribution is 2.42. The number of nitro groups is 1. The minimum Gasteiger partial charge on any atom is -0.326 e. The molecule has 1 aliphatic carbocycles. The van der Waals surface area contributed by atoms with Crippen LogP contribution >= 0.6 is 15.9 Å². The summed E-state index contributed by atoms with van der Waals surface area (Å²) >= 11 is 3.31. The Morgan fingerprint density at radius 1 is 1.35 bits per heavy atom. The van der Waals surface area contributed by atoms with E-state index in [1.165, 1.54) is 12.8 Å². The van der Waals surface area contributed by atoms with Crippen molar-refractivity contribution < 1.29 is 4.92 Å². The van der Waals surface area contributed by atoms with Crippen molar-refractivity contribution in [2.75, 3.05) is 6.54 Å². The Labute approximate surface area is 126 Å². The Morgan fingerprint density at radius 2 is 2.10 bits per heavy atom. The molecule has 5 nitrogen and oxygen atoms in total. The van der Waals surface area contributed by atoms with Crippen LogP contribution in [-0.2, 0) is 0 Å². The van der Waals surface area contributed by atoms with Gasteiger partial charge < -0.3 is 5.73 Å². The minimum atomic E-state index is -0.299. The van der Waals surface area contributed by atoms with E-state index >= 15 is 0 Å². The van der Waals surface area contributed by atoms with Gasteiger partial charge in [0.25, 0.3) is 5.69 Å². The Morgan fingerprint density at radius 3 is 2.75 bits per heavy atom. The molecule has 1 saturated carbocycles. The number of benzene rings is 1. The fourth-order valence-corrected chi connectivity index (χ4v) is 3.55. The molecular weight excluding hydrogens is 322 g/mol. The molecule has 0 radical (unpaired) electrons. The Balaban J connectivity index is 2.02. The van der Waals surface area contributed by atoms with E-state index in [1.807, 2.05) is 12.1 Å². The van der Waals surface area contributed by atoms with Crippen molar-refractivity contribution in [1.82, 2.24) is 4.90 Å². The summed E-state index contributed by atoms with van der Waals surface area (Å²) < 4.78 is 0.732. The van der Waals surface area contributed by atoms with Gasteiger partial charge in [-0.05, 0) is 44.4 Å². The lowest BCUT2D eigenvalue weighted by atomic mass is 9.90. The van der Waals surface area contributed by atoms with E-state index in [2.05, 4.69) is 20.8 Å². The van der Waals surface area contributed by atoms with Crippen LogP contribution in [0.1, 0.15) is 37.3 Å². The van der Waals surface area contributed by atoms with Gasteiger partial charge in [-0.15, -0.1) is 0 Å². The normalized spacial score (nSPS) is 27.5. The quantitative estimate of drug-likeness (QED) is 0.678. The largest absolute Gasteiger partial charge is 0.326 e. The van der Waals surface area contributed by atoms with Crippen molar-refractivity contribution >= 4 is 21.6 Å². The number of nitrogens with two attached hydrogens (primary N) is 1. The Bertz CT molecular complexity index is 533. The molecule has 0 amide bonds. The fraction of sp³-hybridized carbons (Fsp3) is 0.571. The van der Waals surface area contributed by atoms with Crippen LogP contribution in [-0.4, -0.2) is 28.5 Å². The van der Waals surface area contributed by atoms with Gasteiger partial charge in [-0.3, -0.25) is 15.0 Å². The van der Waals surface area contributed by atoms with E-state index in [4.69, 9.17) is 5.73 Å². The van der Waals surface area contributed by atoms with E-state index in [1.54, 1.807) is 6.07 Å². The zero-order valence-corrected chi connectivity index (χ0v) is 12.8. The van der Waals surface area contributed by atoms with Crippen molar-refractivity contribution in [2.24, 2.45) is 5.73 Å². The van der Waals surface area contributed by atoms with Gasteiger partial charge in [0.15, 0.2) is 0 Å². The van der Waals surface area contributed by atoms with Crippen molar-refractivity contribution in [1.29, 1.82) is 0 Å². The standard InChI is InChI=1S/C14H18BrN3O2/c15-9-3-6-11(13(8-9)18(19)20)14-12(16)2-1-7-17(14)10-4-5-10/h3,6,8,10,12,14H,1-2,4-5,7,16H2. The van der Waals surface area contributed by atoms with Crippen LogP contribution < -0.4 is 5.73 Å². The van der Waals surface area contributed by atoms with Gasteiger partial charge in [0.1, 0.15) is 0 Å². The molecule has 108 valence electrons. The Hall–Kier alpha value is -0.980. The number of hydrogen-bond donors (Lipinski definition) is 1. The second kappa shape index (κ2) is 5.42. The summed E-state index contributed by atoms with van der Waals surface area (Å²) in [5.41, 5.74) is 7.23. The molecule has 1 aromatic carbocycles. The lowest BCUT2D eigenvalue weighted by Gasteiger charge is -2.40. The molecule has 0 bridgehead atoms. The Kier molecular flexibility index (Phi) is 3.79. The first-order valence-electron chi connectivity index (χ1n) is 7.03. The second-order valence-electron chi connectivity index (χ2n) is 5.68. The highest BCUT2D eigenvalue weighted by Gasteiger charge is 2.41. The number of nitro benzene ring substituents is 1. The first kappa shape index (κ1) is 14.0. The van der Waals surface area contributed by atoms with E-state index in [0.29, 0.717) is 6.04 Å². The van der Waals surface area contributed by atoms with Gasteiger partial charge in [-0.25, -0.2) is 0 Å². The SMILES string of the molecule is NC1CCCN(C2CC2)C1c1ccc(Br)cc1[N+](=O)[O-].